The number of nitrogens with zero attached hydrogens (tertiary/aromatic N) is 2. The lowest BCUT2D eigenvalue weighted by molar-refractivity contribution is 0.182. The third-order valence-corrected chi connectivity index (χ3v) is 3.25. The minimum atomic E-state index is -0.522. The Bertz CT molecular complexity index is 502. The van der Waals surface area contributed by atoms with Gasteiger partial charge in [0.1, 0.15) is 11.9 Å². The molecule has 0 fully saturated rings. The highest BCUT2D eigenvalue weighted by atomic mass is 16.3. The lowest BCUT2D eigenvalue weighted by Gasteiger charge is -2.14. The molecular weight excluding hydrogens is 212 g/mol. The normalized spacial score (nSPS) is 15.1. The van der Waals surface area contributed by atoms with Gasteiger partial charge in [0, 0.05) is 6.54 Å². The Hall–Kier alpha value is -1.35. The van der Waals surface area contributed by atoms with E-state index in [1.165, 1.54) is 0 Å². The molecule has 0 aliphatic heterocycles. The maximum atomic E-state index is 9.81. The van der Waals surface area contributed by atoms with Crippen LogP contribution in [0.5, 0.6) is 0 Å². The largest absolute Gasteiger partial charge is 0.385 e. The summed E-state index contributed by atoms with van der Waals surface area (Å²) in [6, 6.07) is 8.06. The molecule has 1 N–H and O–H groups in total. The first-order chi connectivity index (χ1) is 8.13. The average Bonchev–Trinajstić information content (AvgIpc) is 2.68. The van der Waals surface area contributed by atoms with E-state index in [9.17, 15) is 5.11 Å². The molecular formula is C14H20N2O. The van der Waals surface area contributed by atoms with Gasteiger partial charge in [-0.3, -0.25) is 0 Å². The molecule has 1 heterocycles. The Kier molecular flexibility index (Phi) is 3.48. The first-order valence-electron chi connectivity index (χ1n) is 6.26. The third-order valence-electron chi connectivity index (χ3n) is 3.25. The molecule has 0 aliphatic rings. The van der Waals surface area contributed by atoms with Gasteiger partial charge in [-0.25, -0.2) is 4.98 Å². The lowest BCUT2D eigenvalue weighted by Crippen LogP contribution is -2.12. The van der Waals surface area contributed by atoms with E-state index < -0.39 is 6.10 Å². The molecule has 0 saturated carbocycles. The van der Waals surface area contributed by atoms with E-state index in [1.54, 1.807) is 6.92 Å². The van der Waals surface area contributed by atoms with Crippen LogP contribution in [0, 0.1) is 5.92 Å². The SMILES string of the molecule is CC[C@H](C)Cn1c([C@@H](C)O)nc2ccccc21. The number of fused-ring (bicyclic) bond motifs is 1. The molecule has 0 saturated heterocycles. The van der Waals surface area contributed by atoms with Crippen molar-refractivity contribution in [3.8, 4) is 0 Å². The van der Waals surface area contributed by atoms with Gasteiger partial charge in [-0.15, -0.1) is 0 Å². The Morgan fingerprint density at radius 2 is 2.00 bits per heavy atom. The average molecular weight is 232 g/mol. The van der Waals surface area contributed by atoms with E-state index in [1.807, 2.05) is 18.2 Å². The minimum Gasteiger partial charge on any atom is -0.385 e. The van der Waals surface area contributed by atoms with E-state index in [4.69, 9.17) is 0 Å². The van der Waals surface area contributed by atoms with E-state index >= 15 is 0 Å². The summed E-state index contributed by atoms with van der Waals surface area (Å²) in [7, 11) is 0. The van der Waals surface area contributed by atoms with E-state index in [0.29, 0.717) is 5.92 Å². The summed E-state index contributed by atoms with van der Waals surface area (Å²) >= 11 is 0. The molecule has 17 heavy (non-hydrogen) atoms. The molecule has 0 amide bonds. The summed E-state index contributed by atoms with van der Waals surface area (Å²) in [5.74, 6) is 1.36. The Morgan fingerprint density at radius 1 is 1.29 bits per heavy atom. The number of aliphatic hydroxyl groups is 1. The Morgan fingerprint density at radius 3 is 2.65 bits per heavy atom. The summed E-state index contributed by atoms with van der Waals surface area (Å²) < 4.78 is 2.15. The number of para-hydroxylation sites is 2. The molecule has 3 nitrogen and oxygen atoms in total. The van der Waals surface area contributed by atoms with Gasteiger partial charge in [-0.2, -0.15) is 0 Å². The van der Waals surface area contributed by atoms with Crippen LogP contribution in [0.25, 0.3) is 11.0 Å². The highest BCUT2D eigenvalue weighted by molar-refractivity contribution is 5.75. The number of hydrogen-bond acceptors (Lipinski definition) is 2. The zero-order valence-corrected chi connectivity index (χ0v) is 10.7. The van der Waals surface area contributed by atoms with Crippen LogP contribution < -0.4 is 0 Å². The van der Waals surface area contributed by atoms with Gasteiger partial charge < -0.3 is 9.67 Å². The molecule has 0 bridgehead atoms. The predicted molar refractivity (Wildman–Crippen MR) is 69.8 cm³/mol. The van der Waals surface area contributed by atoms with Crippen molar-refractivity contribution >= 4 is 11.0 Å². The molecule has 1 aromatic carbocycles. The fourth-order valence-electron chi connectivity index (χ4n) is 2.05. The summed E-state index contributed by atoms with van der Waals surface area (Å²) in [5.41, 5.74) is 2.08. The first kappa shape index (κ1) is 12.1. The molecule has 0 aliphatic carbocycles. The fraction of sp³-hybridized carbons (Fsp3) is 0.500. The van der Waals surface area contributed by atoms with Crippen molar-refractivity contribution in [2.75, 3.05) is 0 Å². The topological polar surface area (TPSA) is 38.0 Å². The van der Waals surface area contributed by atoms with Crippen molar-refractivity contribution in [2.24, 2.45) is 5.92 Å². The van der Waals surface area contributed by atoms with Crippen molar-refractivity contribution in [3.05, 3.63) is 30.1 Å². The van der Waals surface area contributed by atoms with Gasteiger partial charge in [0.25, 0.3) is 0 Å². The van der Waals surface area contributed by atoms with Gasteiger partial charge in [-0.1, -0.05) is 32.4 Å². The number of aromatic nitrogens is 2. The molecule has 3 heteroatoms. The second-order valence-corrected chi connectivity index (χ2v) is 4.76. The smallest absolute Gasteiger partial charge is 0.138 e. The Labute approximate surface area is 102 Å². The number of benzene rings is 1. The molecule has 2 atom stereocenters. The van der Waals surface area contributed by atoms with Crippen LogP contribution >= 0.6 is 0 Å². The molecule has 1 aromatic heterocycles. The minimum absolute atomic E-state index is 0.522. The standard InChI is InChI=1S/C14H20N2O/c1-4-10(2)9-16-13-8-6-5-7-12(13)15-14(16)11(3)17/h5-8,10-11,17H,4,9H2,1-3H3/t10-,11+/m0/s1. The lowest BCUT2D eigenvalue weighted by atomic mass is 10.1. The molecule has 2 rings (SSSR count). The maximum Gasteiger partial charge on any atom is 0.138 e. The van der Waals surface area contributed by atoms with Crippen molar-refractivity contribution in [1.82, 2.24) is 9.55 Å². The van der Waals surface area contributed by atoms with Crippen LogP contribution in [0.4, 0.5) is 0 Å². The summed E-state index contributed by atoms with van der Waals surface area (Å²) in [4.78, 5) is 4.51. The van der Waals surface area contributed by atoms with Gasteiger partial charge in [0.15, 0.2) is 0 Å². The second-order valence-electron chi connectivity index (χ2n) is 4.76. The van der Waals surface area contributed by atoms with Gasteiger partial charge in [-0.05, 0) is 25.0 Å². The van der Waals surface area contributed by atoms with Crippen LogP contribution in [0.1, 0.15) is 39.1 Å². The number of hydrogen-bond donors (Lipinski definition) is 1. The van der Waals surface area contributed by atoms with Gasteiger partial charge >= 0.3 is 0 Å². The van der Waals surface area contributed by atoms with Crippen LogP contribution in [0.2, 0.25) is 0 Å². The van der Waals surface area contributed by atoms with Crippen LogP contribution in [-0.4, -0.2) is 14.7 Å². The number of rotatable bonds is 4. The van der Waals surface area contributed by atoms with Crippen molar-refractivity contribution < 1.29 is 5.11 Å². The molecule has 0 spiro atoms. The molecule has 0 unspecified atom stereocenters. The Balaban J connectivity index is 2.52. The zero-order chi connectivity index (χ0) is 12.4. The van der Waals surface area contributed by atoms with Crippen molar-refractivity contribution in [2.45, 2.75) is 39.8 Å². The van der Waals surface area contributed by atoms with E-state index in [2.05, 4.69) is 29.5 Å². The van der Waals surface area contributed by atoms with Crippen molar-refractivity contribution in [1.29, 1.82) is 0 Å². The van der Waals surface area contributed by atoms with Crippen LogP contribution in [0.3, 0.4) is 0 Å². The first-order valence-corrected chi connectivity index (χ1v) is 6.26. The second kappa shape index (κ2) is 4.88. The third kappa shape index (κ3) is 2.34. The van der Waals surface area contributed by atoms with E-state index in [-0.39, 0.29) is 0 Å². The summed E-state index contributed by atoms with van der Waals surface area (Å²) in [6.07, 6.45) is 0.609. The highest BCUT2D eigenvalue weighted by Gasteiger charge is 2.15. The molecule has 0 radical (unpaired) electrons. The van der Waals surface area contributed by atoms with Gasteiger partial charge in [0.05, 0.1) is 11.0 Å². The number of imidazole rings is 1. The van der Waals surface area contributed by atoms with E-state index in [0.717, 1.165) is 29.8 Å². The highest BCUT2D eigenvalue weighted by Crippen LogP contribution is 2.22. The quantitative estimate of drug-likeness (QED) is 0.879. The van der Waals surface area contributed by atoms with Crippen molar-refractivity contribution in [3.63, 3.8) is 0 Å². The van der Waals surface area contributed by atoms with Crippen LogP contribution in [0.15, 0.2) is 24.3 Å². The maximum absolute atomic E-state index is 9.81. The van der Waals surface area contributed by atoms with Gasteiger partial charge in [0.2, 0.25) is 0 Å². The summed E-state index contributed by atoms with van der Waals surface area (Å²) in [5, 5.41) is 9.81. The monoisotopic (exact) mass is 232 g/mol. The molecule has 92 valence electrons. The fourth-order valence-corrected chi connectivity index (χ4v) is 2.05. The van der Waals surface area contributed by atoms with Crippen LogP contribution in [-0.2, 0) is 6.54 Å². The number of aliphatic hydroxyl groups excluding tert-OH is 1. The molecule has 2 aromatic rings. The summed E-state index contributed by atoms with van der Waals surface area (Å²) in [6.45, 7) is 7.10. The zero-order valence-electron chi connectivity index (χ0n) is 10.7. The predicted octanol–water partition coefficient (Wildman–Crippen LogP) is 3.14.